The Morgan fingerprint density at radius 3 is 2.74 bits per heavy atom. The lowest BCUT2D eigenvalue weighted by Gasteiger charge is -2.34. The van der Waals surface area contributed by atoms with Gasteiger partial charge in [-0.3, -0.25) is 15.0 Å². The fourth-order valence-electron chi connectivity index (χ4n) is 2.58. The molecule has 0 aliphatic carbocycles. The van der Waals surface area contributed by atoms with Crippen LogP contribution in [-0.4, -0.2) is 36.0 Å². The fourth-order valence-corrected chi connectivity index (χ4v) is 2.58. The molecule has 1 aromatic carbocycles. The van der Waals surface area contributed by atoms with Crippen molar-refractivity contribution in [1.82, 2.24) is 10.2 Å². The predicted molar refractivity (Wildman–Crippen MR) is 70.5 cm³/mol. The van der Waals surface area contributed by atoms with Gasteiger partial charge < -0.3 is 5.32 Å². The van der Waals surface area contributed by atoms with Gasteiger partial charge in [0, 0.05) is 38.3 Å². The molecule has 1 heterocycles. The van der Waals surface area contributed by atoms with E-state index in [0.717, 1.165) is 38.2 Å². The molecular formula is C13H18FN3O2. The van der Waals surface area contributed by atoms with Crippen molar-refractivity contribution >= 4 is 5.69 Å². The van der Waals surface area contributed by atoms with Crippen LogP contribution in [0.3, 0.4) is 0 Å². The third-order valence-corrected chi connectivity index (χ3v) is 3.53. The molecule has 1 aromatic rings. The molecule has 6 heteroatoms. The van der Waals surface area contributed by atoms with E-state index < -0.39 is 16.4 Å². The number of nitro groups is 1. The van der Waals surface area contributed by atoms with E-state index in [2.05, 4.69) is 10.2 Å². The Bertz CT molecular complexity index is 461. The van der Waals surface area contributed by atoms with Gasteiger partial charge in [0.25, 0.3) is 0 Å². The summed E-state index contributed by atoms with van der Waals surface area (Å²) in [5, 5.41) is 14.1. The zero-order valence-corrected chi connectivity index (χ0v) is 10.9. The van der Waals surface area contributed by atoms with Crippen LogP contribution in [0.15, 0.2) is 18.2 Å². The van der Waals surface area contributed by atoms with E-state index in [0.29, 0.717) is 0 Å². The molecule has 5 nitrogen and oxygen atoms in total. The number of hydrogen-bond donors (Lipinski definition) is 1. The lowest BCUT2D eigenvalue weighted by molar-refractivity contribution is -0.387. The molecule has 0 unspecified atom stereocenters. The van der Waals surface area contributed by atoms with Gasteiger partial charge in [-0.25, -0.2) is 0 Å². The summed E-state index contributed by atoms with van der Waals surface area (Å²) in [6.07, 6.45) is 0.850. The fraction of sp³-hybridized carbons (Fsp3) is 0.538. The molecule has 1 N–H and O–H groups in total. The largest absolute Gasteiger partial charge is 0.314 e. The standard InChI is InChI=1S/C13H18FN3O2/c1-2-12(16-7-5-15-6-8-16)10-3-4-11(14)13(9-10)17(18)19/h3-4,9,12,15H,2,5-8H2,1H3/t12-/m1/s1. The summed E-state index contributed by atoms with van der Waals surface area (Å²) in [4.78, 5) is 12.4. The van der Waals surface area contributed by atoms with Crippen molar-refractivity contribution < 1.29 is 9.31 Å². The van der Waals surface area contributed by atoms with Crippen molar-refractivity contribution in [3.05, 3.63) is 39.7 Å². The molecule has 0 aromatic heterocycles. The van der Waals surface area contributed by atoms with Crippen molar-refractivity contribution in [2.45, 2.75) is 19.4 Å². The first-order chi connectivity index (χ1) is 9.13. The number of nitro benzene ring substituents is 1. The molecule has 0 saturated carbocycles. The molecule has 0 spiro atoms. The minimum absolute atomic E-state index is 0.112. The van der Waals surface area contributed by atoms with Gasteiger partial charge in [0.1, 0.15) is 0 Å². The van der Waals surface area contributed by atoms with Crippen LogP contribution in [0.25, 0.3) is 0 Å². The summed E-state index contributed by atoms with van der Waals surface area (Å²) in [7, 11) is 0. The Morgan fingerprint density at radius 2 is 2.16 bits per heavy atom. The number of halogens is 1. The second-order valence-electron chi connectivity index (χ2n) is 4.68. The van der Waals surface area contributed by atoms with Gasteiger partial charge in [0.15, 0.2) is 0 Å². The molecule has 0 radical (unpaired) electrons. The van der Waals surface area contributed by atoms with Crippen LogP contribution in [0, 0.1) is 15.9 Å². The first kappa shape index (κ1) is 13.9. The number of nitrogens with zero attached hydrogens (tertiary/aromatic N) is 2. The van der Waals surface area contributed by atoms with Crippen LogP contribution in [0.5, 0.6) is 0 Å². The van der Waals surface area contributed by atoms with Crippen molar-refractivity contribution in [1.29, 1.82) is 0 Å². The predicted octanol–water partition coefficient (Wildman–Crippen LogP) is 2.09. The zero-order valence-electron chi connectivity index (χ0n) is 10.9. The third kappa shape index (κ3) is 3.08. The molecule has 0 bridgehead atoms. The van der Waals surface area contributed by atoms with E-state index in [1.54, 1.807) is 6.07 Å². The van der Waals surface area contributed by atoms with Gasteiger partial charge in [-0.15, -0.1) is 0 Å². The van der Waals surface area contributed by atoms with Crippen molar-refractivity contribution in [3.8, 4) is 0 Å². The molecular weight excluding hydrogens is 249 g/mol. The monoisotopic (exact) mass is 267 g/mol. The highest BCUT2D eigenvalue weighted by molar-refractivity contribution is 5.37. The first-order valence-electron chi connectivity index (χ1n) is 6.52. The van der Waals surface area contributed by atoms with Crippen molar-refractivity contribution in [2.75, 3.05) is 26.2 Å². The molecule has 104 valence electrons. The van der Waals surface area contributed by atoms with E-state index in [4.69, 9.17) is 0 Å². The van der Waals surface area contributed by atoms with E-state index >= 15 is 0 Å². The Labute approximate surface area is 111 Å². The first-order valence-corrected chi connectivity index (χ1v) is 6.52. The Kier molecular flexibility index (Phi) is 4.44. The maximum Gasteiger partial charge on any atom is 0.305 e. The minimum Gasteiger partial charge on any atom is -0.314 e. The molecule has 1 saturated heterocycles. The van der Waals surface area contributed by atoms with Crippen LogP contribution < -0.4 is 5.32 Å². The highest BCUT2D eigenvalue weighted by atomic mass is 19.1. The van der Waals surface area contributed by atoms with Gasteiger partial charge in [0.2, 0.25) is 5.82 Å². The molecule has 1 aliphatic rings. The Hall–Kier alpha value is -1.53. The highest BCUT2D eigenvalue weighted by Gasteiger charge is 2.23. The summed E-state index contributed by atoms with van der Waals surface area (Å²) in [5.74, 6) is -0.774. The van der Waals surface area contributed by atoms with Gasteiger partial charge in [-0.1, -0.05) is 13.0 Å². The SMILES string of the molecule is CC[C@H](c1ccc(F)c([N+](=O)[O-])c1)N1CCNCC1. The Balaban J connectivity index is 2.27. The molecule has 19 heavy (non-hydrogen) atoms. The Morgan fingerprint density at radius 1 is 1.47 bits per heavy atom. The normalized spacial score (nSPS) is 18.2. The quantitative estimate of drug-likeness (QED) is 0.670. The number of nitrogens with one attached hydrogen (secondary N) is 1. The van der Waals surface area contributed by atoms with Crippen LogP contribution in [0.4, 0.5) is 10.1 Å². The van der Waals surface area contributed by atoms with Gasteiger partial charge >= 0.3 is 5.69 Å². The summed E-state index contributed by atoms with van der Waals surface area (Å²) < 4.78 is 13.4. The van der Waals surface area contributed by atoms with Crippen LogP contribution in [0.1, 0.15) is 24.9 Å². The number of piperazine rings is 1. The molecule has 0 amide bonds. The third-order valence-electron chi connectivity index (χ3n) is 3.53. The average molecular weight is 267 g/mol. The second-order valence-corrected chi connectivity index (χ2v) is 4.68. The highest BCUT2D eigenvalue weighted by Crippen LogP contribution is 2.28. The molecule has 1 atom stereocenters. The lowest BCUT2D eigenvalue weighted by atomic mass is 10.0. The van der Waals surface area contributed by atoms with Crippen LogP contribution in [-0.2, 0) is 0 Å². The summed E-state index contributed by atoms with van der Waals surface area (Å²) in [6, 6.07) is 4.32. The van der Waals surface area contributed by atoms with E-state index in [1.807, 2.05) is 6.92 Å². The number of rotatable bonds is 4. The maximum absolute atomic E-state index is 13.4. The molecule has 1 fully saturated rings. The minimum atomic E-state index is -0.774. The topological polar surface area (TPSA) is 58.4 Å². The average Bonchev–Trinajstić information content (AvgIpc) is 2.42. The lowest BCUT2D eigenvalue weighted by Crippen LogP contribution is -2.45. The van der Waals surface area contributed by atoms with Gasteiger partial charge in [0.05, 0.1) is 4.92 Å². The van der Waals surface area contributed by atoms with E-state index in [9.17, 15) is 14.5 Å². The zero-order chi connectivity index (χ0) is 13.8. The summed E-state index contributed by atoms with van der Waals surface area (Å²) in [6.45, 7) is 5.69. The van der Waals surface area contributed by atoms with Crippen molar-refractivity contribution in [3.63, 3.8) is 0 Å². The maximum atomic E-state index is 13.4. The number of benzene rings is 1. The van der Waals surface area contributed by atoms with E-state index in [-0.39, 0.29) is 6.04 Å². The van der Waals surface area contributed by atoms with Crippen LogP contribution in [0.2, 0.25) is 0 Å². The van der Waals surface area contributed by atoms with Gasteiger partial charge in [-0.05, 0) is 18.1 Å². The van der Waals surface area contributed by atoms with Crippen LogP contribution >= 0.6 is 0 Å². The number of hydrogen-bond acceptors (Lipinski definition) is 4. The summed E-state index contributed by atoms with van der Waals surface area (Å²) in [5.41, 5.74) is 0.378. The van der Waals surface area contributed by atoms with Crippen molar-refractivity contribution in [2.24, 2.45) is 0 Å². The molecule has 1 aliphatic heterocycles. The smallest absolute Gasteiger partial charge is 0.305 e. The summed E-state index contributed by atoms with van der Waals surface area (Å²) >= 11 is 0. The second kappa shape index (κ2) is 6.08. The molecule has 2 rings (SSSR count). The van der Waals surface area contributed by atoms with E-state index in [1.165, 1.54) is 12.1 Å². The van der Waals surface area contributed by atoms with Gasteiger partial charge in [-0.2, -0.15) is 4.39 Å².